The summed E-state index contributed by atoms with van der Waals surface area (Å²) in [7, 11) is -3.61. The fourth-order valence-electron chi connectivity index (χ4n) is 1.55. The maximum Gasteiger partial charge on any atom is 0.305 e. The second-order valence-corrected chi connectivity index (χ2v) is 5.94. The van der Waals surface area contributed by atoms with Crippen molar-refractivity contribution in [2.24, 2.45) is 11.1 Å². The molecule has 0 saturated carbocycles. The van der Waals surface area contributed by atoms with E-state index in [0.717, 1.165) is 12.1 Å². The minimum atomic E-state index is -3.61. The van der Waals surface area contributed by atoms with Crippen LogP contribution in [-0.2, 0) is 10.0 Å². The topological polar surface area (TPSA) is 113 Å². The van der Waals surface area contributed by atoms with E-state index < -0.39 is 26.5 Å². The number of benzene rings is 1. The SMILES string of the molecule is CCC(COc1ccc([N+](=O)[O-])c(F)c1)CS(N)(=O)=O. The van der Waals surface area contributed by atoms with Crippen molar-refractivity contribution in [2.75, 3.05) is 12.4 Å². The number of nitrogens with two attached hydrogens (primary N) is 1. The van der Waals surface area contributed by atoms with Gasteiger partial charge in [-0.3, -0.25) is 10.1 Å². The number of hydrogen-bond acceptors (Lipinski definition) is 5. The Morgan fingerprint density at radius 2 is 2.15 bits per heavy atom. The predicted molar refractivity (Wildman–Crippen MR) is 70.3 cm³/mol. The third-order valence-electron chi connectivity index (χ3n) is 2.65. The summed E-state index contributed by atoms with van der Waals surface area (Å²) in [5.41, 5.74) is -0.645. The lowest BCUT2D eigenvalue weighted by molar-refractivity contribution is -0.387. The molecule has 112 valence electrons. The first-order valence-electron chi connectivity index (χ1n) is 5.80. The molecule has 7 nitrogen and oxygen atoms in total. The Balaban J connectivity index is 2.70. The zero-order chi connectivity index (χ0) is 15.3. The van der Waals surface area contributed by atoms with Gasteiger partial charge in [0.15, 0.2) is 0 Å². The van der Waals surface area contributed by atoms with E-state index in [2.05, 4.69) is 0 Å². The van der Waals surface area contributed by atoms with Gasteiger partial charge in [-0.05, 0) is 12.5 Å². The molecular weight excluding hydrogens is 291 g/mol. The number of hydrogen-bond donors (Lipinski definition) is 1. The molecule has 0 aromatic heterocycles. The Kier molecular flexibility index (Phi) is 5.40. The van der Waals surface area contributed by atoms with Gasteiger partial charge in [0.25, 0.3) is 0 Å². The van der Waals surface area contributed by atoms with Gasteiger partial charge >= 0.3 is 5.69 Å². The molecule has 1 aromatic rings. The van der Waals surface area contributed by atoms with Crippen LogP contribution in [-0.4, -0.2) is 25.7 Å². The molecular formula is C11H15FN2O5S. The van der Waals surface area contributed by atoms with Gasteiger partial charge in [-0.25, -0.2) is 13.6 Å². The van der Waals surface area contributed by atoms with Gasteiger partial charge in [-0.2, -0.15) is 4.39 Å². The zero-order valence-electron chi connectivity index (χ0n) is 10.8. The summed E-state index contributed by atoms with van der Waals surface area (Å²) >= 11 is 0. The fourth-order valence-corrected chi connectivity index (χ4v) is 2.54. The molecule has 0 bridgehead atoms. The average molecular weight is 306 g/mol. The molecule has 0 fully saturated rings. The number of ether oxygens (including phenoxy) is 1. The second kappa shape index (κ2) is 6.62. The van der Waals surface area contributed by atoms with Gasteiger partial charge < -0.3 is 4.74 Å². The van der Waals surface area contributed by atoms with E-state index in [-0.39, 0.29) is 24.0 Å². The van der Waals surface area contributed by atoms with Crippen molar-refractivity contribution in [2.45, 2.75) is 13.3 Å². The van der Waals surface area contributed by atoms with Crippen LogP contribution in [0.3, 0.4) is 0 Å². The van der Waals surface area contributed by atoms with E-state index >= 15 is 0 Å². The number of nitrogens with zero attached hydrogens (tertiary/aromatic N) is 1. The highest BCUT2D eigenvalue weighted by Crippen LogP contribution is 2.23. The summed E-state index contributed by atoms with van der Waals surface area (Å²) in [5, 5.41) is 15.4. The molecule has 1 aromatic carbocycles. The molecule has 0 saturated heterocycles. The van der Waals surface area contributed by atoms with E-state index in [1.54, 1.807) is 6.92 Å². The molecule has 0 amide bonds. The van der Waals surface area contributed by atoms with Crippen LogP contribution >= 0.6 is 0 Å². The van der Waals surface area contributed by atoms with Crippen LogP contribution in [0.5, 0.6) is 5.75 Å². The van der Waals surface area contributed by atoms with Gasteiger partial charge in [0, 0.05) is 18.1 Å². The molecule has 0 radical (unpaired) electrons. The number of nitro groups is 1. The number of sulfonamides is 1. The smallest absolute Gasteiger partial charge is 0.305 e. The van der Waals surface area contributed by atoms with Gasteiger partial charge in [0.05, 0.1) is 17.3 Å². The largest absolute Gasteiger partial charge is 0.493 e. The van der Waals surface area contributed by atoms with Crippen LogP contribution < -0.4 is 9.88 Å². The van der Waals surface area contributed by atoms with E-state index in [9.17, 15) is 22.9 Å². The van der Waals surface area contributed by atoms with Crippen LogP contribution in [0.25, 0.3) is 0 Å². The lowest BCUT2D eigenvalue weighted by Gasteiger charge is -2.14. The Morgan fingerprint density at radius 1 is 1.50 bits per heavy atom. The van der Waals surface area contributed by atoms with Crippen molar-refractivity contribution >= 4 is 15.7 Å². The summed E-state index contributed by atoms with van der Waals surface area (Å²) < 4.78 is 40.5. The van der Waals surface area contributed by atoms with Gasteiger partial charge in [0.1, 0.15) is 5.75 Å². The van der Waals surface area contributed by atoms with E-state index in [0.29, 0.717) is 6.42 Å². The number of primary sulfonamides is 1. The monoisotopic (exact) mass is 306 g/mol. The van der Waals surface area contributed by atoms with Crippen LogP contribution in [0.15, 0.2) is 18.2 Å². The van der Waals surface area contributed by atoms with Crippen molar-refractivity contribution < 1.29 is 22.5 Å². The van der Waals surface area contributed by atoms with Gasteiger partial charge in [-0.15, -0.1) is 0 Å². The predicted octanol–water partition coefficient (Wildman–Crippen LogP) is 1.43. The molecule has 20 heavy (non-hydrogen) atoms. The average Bonchev–Trinajstić information content (AvgIpc) is 2.32. The number of rotatable bonds is 7. The first-order valence-corrected chi connectivity index (χ1v) is 7.51. The van der Waals surface area contributed by atoms with Crippen LogP contribution in [0, 0.1) is 21.8 Å². The summed E-state index contributed by atoms with van der Waals surface area (Å²) in [6.45, 7) is 1.81. The minimum Gasteiger partial charge on any atom is -0.493 e. The maximum atomic E-state index is 13.3. The Bertz CT molecular complexity index is 590. The standard InChI is InChI=1S/C11H15FN2O5S/c1-2-8(7-20(13,17)18)6-19-9-3-4-11(14(15)16)10(12)5-9/h3-5,8H,2,6-7H2,1H3,(H2,13,17,18). The second-order valence-electron chi connectivity index (χ2n) is 4.29. The van der Waals surface area contributed by atoms with Gasteiger partial charge in [-0.1, -0.05) is 6.92 Å². The molecule has 9 heteroatoms. The highest BCUT2D eigenvalue weighted by molar-refractivity contribution is 7.89. The number of nitro benzene ring substituents is 1. The van der Waals surface area contributed by atoms with Crippen molar-refractivity contribution in [3.63, 3.8) is 0 Å². The lowest BCUT2D eigenvalue weighted by atomic mass is 10.1. The van der Waals surface area contributed by atoms with Crippen molar-refractivity contribution in [3.05, 3.63) is 34.1 Å². The first kappa shape index (κ1) is 16.3. The van der Waals surface area contributed by atoms with E-state index in [1.807, 2.05) is 0 Å². The van der Waals surface area contributed by atoms with E-state index in [4.69, 9.17) is 9.88 Å². The molecule has 1 rings (SSSR count). The first-order chi connectivity index (χ1) is 9.23. The third kappa shape index (κ3) is 5.10. The van der Waals surface area contributed by atoms with Crippen LogP contribution in [0.2, 0.25) is 0 Å². The molecule has 0 aliphatic heterocycles. The lowest BCUT2D eigenvalue weighted by Crippen LogP contribution is -2.26. The van der Waals surface area contributed by atoms with Crippen molar-refractivity contribution in [1.29, 1.82) is 0 Å². The van der Waals surface area contributed by atoms with Gasteiger partial charge in [0.2, 0.25) is 15.8 Å². The quantitative estimate of drug-likeness (QED) is 0.604. The third-order valence-corrected chi connectivity index (χ3v) is 3.58. The Hall–Kier alpha value is -1.74. The molecule has 0 heterocycles. The minimum absolute atomic E-state index is 0.0319. The maximum absolute atomic E-state index is 13.3. The molecule has 0 aliphatic carbocycles. The van der Waals surface area contributed by atoms with Crippen LogP contribution in [0.1, 0.15) is 13.3 Å². The highest BCUT2D eigenvalue weighted by atomic mass is 32.2. The number of halogens is 1. The molecule has 0 aliphatic rings. The van der Waals surface area contributed by atoms with Crippen molar-refractivity contribution in [3.8, 4) is 5.75 Å². The molecule has 1 unspecified atom stereocenters. The van der Waals surface area contributed by atoms with E-state index in [1.165, 1.54) is 6.07 Å². The summed E-state index contributed by atoms with van der Waals surface area (Å²) in [5.74, 6) is -1.48. The van der Waals surface area contributed by atoms with Crippen molar-refractivity contribution in [1.82, 2.24) is 0 Å². The Morgan fingerprint density at radius 3 is 2.60 bits per heavy atom. The fraction of sp³-hybridized carbons (Fsp3) is 0.455. The highest BCUT2D eigenvalue weighted by Gasteiger charge is 2.17. The summed E-state index contributed by atoms with van der Waals surface area (Å²) in [4.78, 5) is 9.61. The molecule has 1 atom stereocenters. The molecule has 2 N–H and O–H groups in total. The molecule has 0 spiro atoms. The normalized spacial score (nSPS) is 12.9. The Labute approximate surface area is 115 Å². The summed E-state index contributed by atoms with van der Waals surface area (Å²) in [6, 6.07) is 3.14. The zero-order valence-corrected chi connectivity index (χ0v) is 11.6. The summed E-state index contributed by atoms with van der Waals surface area (Å²) in [6.07, 6.45) is 0.520. The van der Waals surface area contributed by atoms with Crippen LogP contribution in [0.4, 0.5) is 10.1 Å².